The van der Waals surface area contributed by atoms with Crippen molar-refractivity contribution in [2.75, 3.05) is 23.4 Å². The van der Waals surface area contributed by atoms with E-state index in [-0.39, 0.29) is 4.90 Å². The van der Waals surface area contributed by atoms with Crippen LogP contribution in [-0.2, 0) is 16.7 Å². The lowest BCUT2D eigenvalue weighted by molar-refractivity contribution is 0.340. The van der Waals surface area contributed by atoms with E-state index in [0.717, 1.165) is 57.2 Å². The average Bonchev–Trinajstić information content (AvgIpc) is 2.93. The lowest BCUT2D eigenvalue weighted by Crippen LogP contribution is -2.22. The third-order valence-electron chi connectivity index (χ3n) is 6.53. The Bertz CT molecular complexity index is 1550. The smallest absolute Gasteiger partial charge is 0.124 e. The number of aryl methyl sites for hydroxylation is 1. The summed E-state index contributed by atoms with van der Waals surface area (Å²) in [6.45, 7) is 12.3. The molecule has 0 spiro atoms. The summed E-state index contributed by atoms with van der Waals surface area (Å²) < 4.78 is 39.8. The van der Waals surface area contributed by atoms with Crippen LogP contribution in [0, 0.1) is 6.92 Å². The molecule has 0 aliphatic heterocycles. The molecule has 6 nitrogen and oxygen atoms in total. The van der Waals surface area contributed by atoms with Gasteiger partial charge in [0.25, 0.3) is 0 Å². The Hall–Kier alpha value is -4.07. The number of hydrogen-bond donors (Lipinski definition) is 1. The number of nitrogens with one attached hydrogen (secondary N) is 1. The Balaban J connectivity index is 1.46. The van der Waals surface area contributed by atoms with E-state index in [2.05, 4.69) is 48.0 Å². The van der Waals surface area contributed by atoms with E-state index in [4.69, 9.17) is 4.74 Å². The van der Waals surface area contributed by atoms with Crippen LogP contribution in [0.2, 0.25) is 0 Å². The molecule has 0 saturated carbocycles. The van der Waals surface area contributed by atoms with E-state index in [0.29, 0.717) is 13.2 Å². The second-order valence-electron chi connectivity index (χ2n) is 9.25. The highest BCUT2D eigenvalue weighted by atomic mass is 32.2. The molecule has 0 saturated heterocycles. The molecule has 0 fully saturated rings. The van der Waals surface area contributed by atoms with Crippen LogP contribution in [0.1, 0.15) is 36.1 Å². The number of rotatable bonds is 11. The van der Waals surface area contributed by atoms with E-state index in [1.807, 2.05) is 62.4 Å². The van der Waals surface area contributed by atoms with Crippen molar-refractivity contribution in [1.29, 1.82) is 0 Å². The zero-order chi connectivity index (χ0) is 28.0. The zero-order valence-corrected chi connectivity index (χ0v) is 23.3. The molecule has 4 aromatic rings. The van der Waals surface area contributed by atoms with Crippen molar-refractivity contribution in [3.05, 3.63) is 120 Å². The Kier molecular flexibility index (Phi) is 8.74. The van der Waals surface area contributed by atoms with Gasteiger partial charge in [0, 0.05) is 30.2 Å². The fourth-order valence-corrected chi connectivity index (χ4v) is 5.01. The monoisotopic (exact) mass is 541 g/mol. The highest BCUT2D eigenvalue weighted by Gasteiger charge is 2.12. The maximum Gasteiger partial charge on any atom is 0.124 e. The molecule has 0 aromatic heterocycles. The van der Waals surface area contributed by atoms with Crippen LogP contribution in [0.15, 0.2) is 102 Å². The summed E-state index contributed by atoms with van der Waals surface area (Å²) in [4.78, 5) is 1.93. The van der Waals surface area contributed by atoms with Crippen LogP contribution < -0.4 is 15.0 Å². The van der Waals surface area contributed by atoms with Crippen LogP contribution >= 0.6 is 0 Å². The van der Waals surface area contributed by atoms with Gasteiger partial charge < -0.3 is 19.5 Å². The molecule has 4 aromatic carbocycles. The quantitative estimate of drug-likeness (QED) is 0.203. The van der Waals surface area contributed by atoms with Crippen LogP contribution in [0.25, 0.3) is 5.57 Å². The lowest BCUT2D eigenvalue weighted by Gasteiger charge is -2.25. The second kappa shape index (κ2) is 12.2. The van der Waals surface area contributed by atoms with E-state index in [1.54, 1.807) is 6.07 Å². The molecule has 0 aliphatic carbocycles. The summed E-state index contributed by atoms with van der Waals surface area (Å²) >= 11 is 0. The first-order valence-corrected chi connectivity index (χ1v) is 14.3. The van der Waals surface area contributed by atoms with Gasteiger partial charge in [0.1, 0.15) is 15.9 Å². The van der Waals surface area contributed by atoms with Gasteiger partial charge in [-0.05, 0) is 109 Å². The van der Waals surface area contributed by atoms with Crippen LogP contribution in [-0.4, -0.2) is 26.1 Å². The first-order valence-electron chi connectivity index (χ1n) is 12.9. The van der Waals surface area contributed by atoms with E-state index in [1.165, 1.54) is 12.1 Å². The number of anilines is 3. The maximum absolute atomic E-state index is 11.4. The minimum absolute atomic E-state index is 0.209. The Morgan fingerprint density at radius 1 is 0.923 bits per heavy atom. The first-order chi connectivity index (χ1) is 18.7. The highest BCUT2D eigenvalue weighted by molar-refractivity contribution is 7.85. The molecule has 202 valence electrons. The van der Waals surface area contributed by atoms with E-state index >= 15 is 0 Å². The number of hydrogen-bond acceptors (Lipinski definition) is 6. The summed E-state index contributed by atoms with van der Waals surface area (Å²) in [6, 6.07) is 28.5. The summed E-state index contributed by atoms with van der Waals surface area (Å²) in [6.07, 6.45) is 0. The maximum atomic E-state index is 11.4. The zero-order valence-electron chi connectivity index (χ0n) is 22.5. The number of benzene rings is 4. The lowest BCUT2D eigenvalue weighted by atomic mass is 9.95. The van der Waals surface area contributed by atoms with Gasteiger partial charge in [0.15, 0.2) is 0 Å². The van der Waals surface area contributed by atoms with Crippen molar-refractivity contribution in [2.45, 2.75) is 32.2 Å². The van der Waals surface area contributed by atoms with Crippen LogP contribution in [0.4, 0.5) is 17.1 Å². The molecule has 0 amide bonds. The van der Waals surface area contributed by atoms with Gasteiger partial charge >= 0.3 is 0 Å². The van der Waals surface area contributed by atoms with Crippen molar-refractivity contribution in [3.8, 4) is 5.75 Å². The predicted molar refractivity (Wildman–Crippen MR) is 158 cm³/mol. The highest BCUT2D eigenvalue weighted by Crippen LogP contribution is 2.30. The standard InChI is InChI=1S/C32H34N2O4S/c1-5-34(22-25-8-7-9-31(21-25)39(35,36)37)29-16-19-32(23(3)20-29)24(4)26-10-12-27(13-11-26)33-28-14-17-30(18-15-28)38-6-2/h7-21,33H,4-6,22H2,1-3H3,(H,35,36,37)/p-1. The Morgan fingerprint density at radius 2 is 1.59 bits per heavy atom. The predicted octanol–water partition coefficient (Wildman–Crippen LogP) is 7.13. The molecule has 4 rings (SSSR count). The molecule has 0 bridgehead atoms. The molecule has 0 aliphatic rings. The first kappa shape index (κ1) is 28.0. The minimum Gasteiger partial charge on any atom is -0.744 e. The molecule has 0 atom stereocenters. The van der Waals surface area contributed by atoms with Gasteiger partial charge in [0.05, 0.1) is 11.5 Å². The van der Waals surface area contributed by atoms with Crippen molar-refractivity contribution in [1.82, 2.24) is 0 Å². The van der Waals surface area contributed by atoms with Crippen molar-refractivity contribution in [3.63, 3.8) is 0 Å². The van der Waals surface area contributed by atoms with Crippen molar-refractivity contribution < 1.29 is 17.7 Å². The van der Waals surface area contributed by atoms with E-state index < -0.39 is 10.1 Å². The SMILES string of the molecule is C=C(c1ccc(Nc2ccc(OCC)cc2)cc1)c1ccc(N(CC)Cc2cccc(S(=O)(=O)[O-])c2)cc1C. The van der Waals surface area contributed by atoms with Crippen molar-refractivity contribution >= 4 is 32.8 Å². The molecule has 1 N–H and O–H groups in total. The second-order valence-corrected chi connectivity index (χ2v) is 10.6. The summed E-state index contributed by atoms with van der Waals surface area (Å²) in [5.41, 5.74) is 7.85. The third-order valence-corrected chi connectivity index (χ3v) is 7.36. The van der Waals surface area contributed by atoms with Gasteiger partial charge in [0.2, 0.25) is 0 Å². The summed E-state index contributed by atoms with van der Waals surface area (Å²) in [7, 11) is -4.49. The average molecular weight is 542 g/mol. The van der Waals surface area contributed by atoms with Gasteiger partial charge in [-0.25, -0.2) is 8.42 Å². The van der Waals surface area contributed by atoms with E-state index in [9.17, 15) is 13.0 Å². The molecule has 0 radical (unpaired) electrons. The number of nitrogens with zero attached hydrogens (tertiary/aromatic N) is 1. The molecular formula is C32H33N2O4S-. The third kappa shape index (κ3) is 7.07. The van der Waals surface area contributed by atoms with Gasteiger partial charge in [-0.3, -0.25) is 0 Å². The van der Waals surface area contributed by atoms with Gasteiger partial charge in [-0.1, -0.05) is 36.9 Å². The number of ether oxygens (including phenoxy) is 1. The summed E-state index contributed by atoms with van der Waals surface area (Å²) in [5.74, 6) is 0.849. The molecule has 7 heteroatoms. The normalized spacial score (nSPS) is 11.2. The van der Waals surface area contributed by atoms with Crippen LogP contribution in [0.5, 0.6) is 5.75 Å². The molecular weight excluding hydrogens is 508 g/mol. The van der Waals surface area contributed by atoms with Crippen LogP contribution in [0.3, 0.4) is 0 Å². The fraction of sp³-hybridized carbons (Fsp3) is 0.188. The van der Waals surface area contributed by atoms with Gasteiger partial charge in [-0.15, -0.1) is 0 Å². The van der Waals surface area contributed by atoms with Gasteiger partial charge in [-0.2, -0.15) is 0 Å². The molecule has 39 heavy (non-hydrogen) atoms. The molecule has 0 heterocycles. The summed E-state index contributed by atoms with van der Waals surface area (Å²) in [5, 5.41) is 3.41. The topological polar surface area (TPSA) is 81.7 Å². The largest absolute Gasteiger partial charge is 0.744 e. The van der Waals surface area contributed by atoms with Crippen molar-refractivity contribution in [2.24, 2.45) is 0 Å². The fourth-order valence-electron chi connectivity index (χ4n) is 4.47. The minimum atomic E-state index is -4.49. The Labute approximate surface area is 231 Å². The Morgan fingerprint density at radius 3 is 2.18 bits per heavy atom. The molecule has 0 unspecified atom stereocenters.